The van der Waals surface area contributed by atoms with Gasteiger partial charge in [0.2, 0.25) is 0 Å². The zero-order valence-corrected chi connectivity index (χ0v) is 9.63. The van der Waals surface area contributed by atoms with Crippen LogP contribution in [0.3, 0.4) is 0 Å². The molecular formula is C10H17N3O2. The number of aromatic nitrogens is 2. The second-order valence-electron chi connectivity index (χ2n) is 3.11. The average molecular weight is 211 g/mol. The number of hydrogen-bond acceptors (Lipinski definition) is 4. The first-order chi connectivity index (χ1) is 7.15. The van der Waals surface area contributed by atoms with Crippen LogP contribution < -0.4 is 5.32 Å². The summed E-state index contributed by atoms with van der Waals surface area (Å²) in [4.78, 5) is 11.5. The molecular weight excluding hydrogens is 194 g/mol. The van der Waals surface area contributed by atoms with Gasteiger partial charge in [0.1, 0.15) is 5.82 Å². The zero-order valence-electron chi connectivity index (χ0n) is 9.63. The predicted molar refractivity (Wildman–Crippen MR) is 58.1 cm³/mol. The number of hydrogen-bond donors (Lipinski definition) is 1. The van der Waals surface area contributed by atoms with E-state index in [0.29, 0.717) is 12.3 Å². The van der Waals surface area contributed by atoms with Crippen LogP contribution in [-0.4, -0.2) is 29.4 Å². The van der Waals surface area contributed by atoms with Gasteiger partial charge < -0.3 is 10.1 Å². The normalized spacial score (nSPS) is 10.1. The molecule has 0 aliphatic heterocycles. The fourth-order valence-electron chi connectivity index (χ4n) is 1.49. The fourth-order valence-corrected chi connectivity index (χ4v) is 1.49. The Morgan fingerprint density at radius 3 is 2.60 bits per heavy atom. The number of esters is 1. The quantitative estimate of drug-likeness (QED) is 0.765. The van der Waals surface area contributed by atoms with Gasteiger partial charge in [0.05, 0.1) is 6.61 Å². The number of aryl methyl sites for hydroxylation is 1. The van der Waals surface area contributed by atoms with Crippen molar-refractivity contribution in [3.8, 4) is 0 Å². The Morgan fingerprint density at radius 2 is 2.20 bits per heavy atom. The van der Waals surface area contributed by atoms with Gasteiger partial charge >= 0.3 is 5.97 Å². The van der Waals surface area contributed by atoms with E-state index in [4.69, 9.17) is 4.74 Å². The van der Waals surface area contributed by atoms with E-state index >= 15 is 0 Å². The summed E-state index contributed by atoms with van der Waals surface area (Å²) >= 11 is 0. The number of ether oxygens (including phenoxy) is 1. The van der Waals surface area contributed by atoms with Gasteiger partial charge in [-0.25, -0.2) is 9.48 Å². The molecule has 0 aliphatic rings. The first-order valence-electron chi connectivity index (χ1n) is 5.07. The van der Waals surface area contributed by atoms with Crippen LogP contribution in [0.25, 0.3) is 0 Å². The Morgan fingerprint density at radius 1 is 1.53 bits per heavy atom. The Hall–Kier alpha value is -1.52. The smallest absolute Gasteiger partial charge is 0.359 e. The summed E-state index contributed by atoms with van der Waals surface area (Å²) in [7, 11) is 1.81. The SMILES string of the molecule is CCOC(=O)c1nn(CC)c(NC)c1C. The van der Waals surface area contributed by atoms with Gasteiger partial charge in [-0.15, -0.1) is 0 Å². The lowest BCUT2D eigenvalue weighted by molar-refractivity contribution is 0.0517. The number of carbonyl (C=O) groups is 1. The van der Waals surface area contributed by atoms with Crippen molar-refractivity contribution in [1.82, 2.24) is 9.78 Å². The summed E-state index contributed by atoms with van der Waals surface area (Å²) in [6.07, 6.45) is 0. The number of rotatable bonds is 4. The Kier molecular flexibility index (Phi) is 3.71. The minimum absolute atomic E-state index is 0.362. The molecule has 0 fully saturated rings. The number of nitrogens with one attached hydrogen (secondary N) is 1. The highest BCUT2D eigenvalue weighted by Crippen LogP contribution is 2.18. The molecule has 1 aromatic heterocycles. The minimum atomic E-state index is -0.362. The van der Waals surface area contributed by atoms with Gasteiger partial charge in [0.25, 0.3) is 0 Å². The summed E-state index contributed by atoms with van der Waals surface area (Å²) in [5.41, 5.74) is 1.22. The third kappa shape index (κ3) is 2.11. The van der Waals surface area contributed by atoms with Crippen LogP contribution >= 0.6 is 0 Å². The molecule has 1 aromatic rings. The minimum Gasteiger partial charge on any atom is -0.461 e. The van der Waals surface area contributed by atoms with Crippen LogP contribution in [0.1, 0.15) is 29.9 Å². The number of anilines is 1. The predicted octanol–water partition coefficient (Wildman–Crippen LogP) is 1.43. The lowest BCUT2D eigenvalue weighted by Crippen LogP contribution is -2.07. The molecule has 5 heteroatoms. The van der Waals surface area contributed by atoms with Gasteiger partial charge in [-0.2, -0.15) is 5.10 Å². The maximum atomic E-state index is 11.5. The molecule has 0 aliphatic carbocycles. The van der Waals surface area contributed by atoms with Crippen molar-refractivity contribution < 1.29 is 9.53 Å². The highest BCUT2D eigenvalue weighted by Gasteiger charge is 2.19. The summed E-state index contributed by atoms with van der Waals surface area (Å²) in [5.74, 6) is 0.499. The van der Waals surface area contributed by atoms with E-state index in [1.807, 2.05) is 20.9 Å². The van der Waals surface area contributed by atoms with Crippen LogP contribution in [-0.2, 0) is 11.3 Å². The molecule has 1 rings (SSSR count). The van der Waals surface area contributed by atoms with Gasteiger partial charge in [-0.05, 0) is 20.8 Å². The number of carbonyl (C=O) groups excluding carboxylic acids is 1. The van der Waals surface area contributed by atoms with E-state index in [0.717, 1.165) is 17.9 Å². The zero-order chi connectivity index (χ0) is 11.4. The van der Waals surface area contributed by atoms with Crippen molar-refractivity contribution >= 4 is 11.8 Å². The summed E-state index contributed by atoms with van der Waals surface area (Å²) in [6, 6.07) is 0. The van der Waals surface area contributed by atoms with Crippen LogP contribution in [0, 0.1) is 6.92 Å². The van der Waals surface area contributed by atoms with Crippen molar-refractivity contribution in [2.24, 2.45) is 0 Å². The van der Waals surface area contributed by atoms with Crippen molar-refractivity contribution in [2.45, 2.75) is 27.3 Å². The highest BCUT2D eigenvalue weighted by atomic mass is 16.5. The second kappa shape index (κ2) is 4.82. The van der Waals surface area contributed by atoms with Crippen molar-refractivity contribution in [3.63, 3.8) is 0 Å². The van der Waals surface area contributed by atoms with E-state index in [2.05, 4.69) is 10.4 Å². The topological polar surface area (TPSA) is 56.1 Å². The molecule has 0 radical (unpaired) electrons. The van der Waals surface area contributed by atoms with Crippen LogP contribution in [0.15, 0.2) is 0 Å². The first kappa shape index (κ1) is 11.6. The van der Waals surface area contributed by atoms with Gasteiger partial charge in [0, 0.05) is 19.2 Å². The highest BCUT2D eigenvalue weighted by molar-refractivity contribution is 5.90. The molecule has 0 amide bonds. The molecule has 0 aromatic carbocycles. The Balaban J connectivity index is 3.09. The molecule has 0 atom stereocenters. The van der Waals surface area contributed by atoms with Gasteiger partial charge in [-0.3, -0.25) is 0 Å². The maximum absolute atomic E-state index is 11.5. The molecule has 0 spiro atoms. The van der Waals surface area contributed by atoms with Crippen molar-refractivity contribution in [2.75, 3.05) is 19.0 Å². The fraction of sp³-hybridized carbons (Fsp3) is 0.600. The Bertz CT molecular complexity index is 358. The van der Waals surface area contributed by atoms with Gasteiger partial charge in [0.15, 0.2) is 5.69 Å². The molecule has 0 saturated carbocycles. The molecule has 1 heterocycles. The van der Waals surface area contributed by atoms with Crippen LogP contribution in [0.4, 0.5) is 5.82 Å². The monoisotopic (exact) mass is 211 g/mol. The standard InChI is InChI=1S/C10H17N3O2/c1-5-13-9(11-4)7(3)8(12-13)10(14)15-6-2/h11H,5-6H2,1-4H3. The average Bonchev–Trinajstić information content (AvgIpc) is 2.55. The molecule has 0 saturated heterocycles. The van der Waals surface area contributed by atoms with Crippen LogP contribution in [0.2, 0.25) is 0 Å². The van der Waals surface area contributed by atoms with E-state index in [1.165, 1.54) is 0 Å². The van der Waals surface area contributed by atoms with E-state index in [9.17, 15) is 4.79 Å². The number of nitrogens with zero attached hydrogens (tertiary/aromatic N) is 2. The maximum Gasteiger partial charge on any atom is 0.359 e. The van der Waals surface area contributed by atoms with E-state index in [1.54, 1.807) is 11.6 Å². The van der Waals surface area contributed by atoms with E-state index < -0.39 is 0 Å². The first-order valence-corrected chi connectivity index (χ1v) is 5.07. The van der Waals surface area contributed by atoms with E-state index in [-0.39, 0.29) is 5.97 Å². The largest absolute Gasteiger partial charge is 0.461 e. The molecule has 15 heavy (non-hydrogen) atoms. The summed E-state index contributed by atoms with van der Waals surface area (Å²) < 4.78 is 6.68. The molecule has 0 bridgehead atoms. The third-order valence-electron chi connectivity index (χ3n) is 2.19. The van der Waals surface area contributed by atoms with Crippen molar-refractivity contribution in [3.05, 3.63) is 11.3 Å². The third-order valence-corrected chi connectivity index (χ3v) is 2.19. The van der Waals surface area contributed by atoms with Crippen molar-refractivity contribution in [1.29, 1.82) is 0 Å². The molecule has 0 unspecified atom stereocenters. The molecule has 84 valence electrons. The summed E-state index contributed by atoms with van der Waals surface area (Å²) in [5, 5.41) is 7.22. The lowest BCUT2D eigenvalue weighted by atomic mass is 10.2. The second-order valence-corrected chi connectivity index (χ2v) is 3.11. The molecule has 5 nitrogen and oxygen atoms in total. The van der Waals surface area contributed by atoms with Gasteiger partial charge in [-0.1, -0.05) is 0 Å². The van der Waals surface area contributed by atoms with Crippen LogP contribution in [0.5, 0.6) is 0 Å². The summed E-state index contributed by atoms with van der Waals surface area (Å²) in [6.45, 7) is 6.70. The Labute approximate surface area is 89.4 Å². The molecule has 1 N–H and O–H groups in total. The lowest BCUT2D eigenvalue weighted by Gasteiger charge is -2.03.